The predicted molar refractivity (Wildman–Crippen MR) is 190 cm³/mol. The fourth-order valence-corrected chi connectivity index (χ4v) is 3.68. The number of para-hydroxylation sites is 1. The van der Waals surface area contributed by atoms with E-state index in [-0.39, 0.29) is 5.92 Å². The number of nitrogens with one attached hydrogen (secondary N) is 1. The van der Waals surface area contributed by atoms with E-state index in [2.05, 4.69) is 101 Å². The molecule has 0 aliphatic rings. The highest BCUT2D eigenvalue weighted by Crippen LogP contribution is 2.19. The molecule has 1 N–H and O–H groups in total. The average molecular weight is 566 g/mol. The van der Waals surface area contributed by atoms with Gasteiger partial charge in [-0.25, -0.2) is 0 Å². The molecular weight excluding hydrogens is 498 g/mol. The first-order valence-corrected chi connectivity index (χ1v) is 16.2. The number of allylic oxidation sites excluding steroid dienone is 6. The highest BCUT2D eigenvalue weighted by molar-refractivity contribution is 5.83. The van der Waals surface area contributed by atoms with Crippen LogP contribution in [0.3, 0.4) is 0 Å². The number of carbonyl (C=O) groups excluding carboxylic acids is 1. The molecular formula is C39H67NO. The van der Waals surface area contributed by atoms with Crippen LogP contribution in [0.15, 0.2) is 78.6 Å². The van der Waals surface area contributed by atoms with Gasteiger partial charge in [-0.15, -0.1) is 13.2 Å². The normalized spacial score (nSPS) is 11.0. The number of fused-ring (bicyclic) bond motifs is 1. The Morgan fingerprint density at radius 3 is 1.98 bits per heavy atom. The van der Waals surface area contributed by atoms with E-state index in [1.165, 1.54) is 59.7 Å². The van der Waals surface area contributed by atoms with Crippen molar-refractivity contribution in [2.24, 2.45) is 5.92 Å². The molecule has 0 fully saturated rings. The van der Waals surface area contributed by atoms with E-state index < -0.39 is 0 Å². The summed E-state index contributed by atoms with van der Waals surface area (Å²) in [7, 11) is 0. The molecule has 0 amide bonds. The lowest BCUT2D eigenvalue weighted by Crippen LogP contribution is -2.10. The quantitative estimate of drug-likeness (QED) is 0.190. The Labute approximate surface area is 256 Å². The Morgan fingerprint density at radius 2 is 1.49 bits per heavy atom. The molecule has 1 aromatic heterocycles. The fourth-order valence-electron chi connectivity index (χ4n) is 3.68. The number of benzene rings is 1. The van der Waals surface area contributed by atoms with E-state index in [0.717, 1.165) is 37.7 Å². The zero-order chi connectivity index (χ0) is 32.1. The first kappa shape index (κ1) is 42.9. The molecule has 41 heavy (non-hydrogen) atoms. The molecule has 2 nitrogen and oxygen atoms in total. The molecule has 0 saturated carbocycles. The van der Waals surface area contributed by atoms with E-state index in [0.29, 0.717) is 5.78 Å². The Hall–Kier alpha value is -2.61. The van der Waals surface area contributed by atoms with Gasteiger partial charge >= 0.3 is 0 Å². The van der Waals surface area contributed by atoms with Crippen molar-refractivity contribution in [3.8, 4) is 0 Å². The fraction of sp³-hybridized carbons (Fsp3) is 0.564. The molecule has 0 spiro atoms. The number of Topliss-reactive ketones (excluding diaryl/α,β-unsaturated/α-hetero) is 1. The summed E-state index contributed by atoms with van der Waals surface area (Å²) in [4.78, 5) is 14.7. The van der Waals surface area contributed by atoms with Gasteiger partial charge in [0.1, 0.15) is 5.78 Å². The maximum absolute atomic E-state index is 11.4. The smallest absolute Gasteiger partial charge is 0.136 e. The summed E-state index contributed by atoms with van der Waals surface area (Å²) in [5.41, 5.74) is 6.54. The van der Waals surface area contributed by atoms with Gasteiger partial charge in [-0.05, 0) is 77.8 Å². The standard InChI is InChI=1S/C12H15N.C11H20O.C9H16.C5H10.C2H6/c1-2-3-6-10-9-13-12-8-5-4-7-11(10)12;1-5-6-7-11(12)10(4)8-9(2)3;1-4-6-8-9(3)7-5-2;1-4-5(2)3;1-2/h4-5,7-9,13H,2-3,6H2,1H3;10H,2,5-8H2,1,3-4H3;4,6,8H,5,7H2,1-3H3;2,4H2,1,3H3;1-2H3/b;;6-4-,9-8+;;. The van der Waals surface area contributed by atoms with Crippen LogP contribution in [0.5, 0.6) is 0 Å². The Morgan fingerprint density at radius 1 is 0.902 bits per heavy atom. The molecule has 0 aliphatic carbocycles. The summed E-state index contributed by atoms with van der Waals surface area (Å²) in [6.45, 7) is 30.3. The Balaban J connectivity index is -0.000000481. The molecule has 1 aromatic carbocycles. The molecule has 2 rings (SSSR count). The second-order valence-corrected chi connectivity index (χ2v) is 10.7. The van der Waals surface area contributed by atoms with E-state index in [9.17, 15) is 4.79 Å². The third-order valence-electron chi connectivity index (χ3n) is 6.28. The lowest BCUT2D eigenvalue weighted by atomic mass is 9.95. The number of carbonyl (C=O) groups is 1. The summed E-state index contributed by atoms with van der Waals surface area (Å²) >= 11 is 0. The Kier molecular flexibility index (Phi) is 31.7. The number of aromatic amines is 1. The first-order valence-electron chi connectivity index (χ1n) is 16.2. The van der Waals surface area contributed by atoms with Gasteiger partial charge in [0.25, 0.3) is 0 Å². The number of aryl methyl sites for hydroxylation is 1. The van der Waals surface area contributed by atoms with Gasteiger partial charge in [-0.1, -0.05) is 121 Å². The summed E-state index contributed by atoms with van der Waals surface area (Å²) in [5.74, 6) is 0.564. The molecule has 2 heteroatoms. The van der Waals surface area contributed by atoms with Crippen LogP contribution in [-0.4, -0.2) is 10.8 Å². The lowest BCUT2D eigenvalue weighted by Gasteiger charge is -2.08. The highest BCUT2D eigenvalue weighted by Gasteiger charge is 2.11. The van der Waals surface area contributed by atoms with Crippen molar-refractivity contribution in [2.75, 3.05) is 0 Å². The van der Waals surface area contributed by atoms with E-state index in [4.69, 9.17) is 0 Å². The average Bonchev–Trinajstić information content (AvgIpc) is 3.38. The summed E-state index contributed by atoms with van der Waals surface area (Å²) < 4.78 is 0. The first-order chi connectivity index (χ1) is 19.6. The van der Waals surface area contributed by atoms with Crippen molar-refractivity contribution in [1.82, 2.24) is 4.98 Å². The monoisotopic (exact) mass is 566 g/mol. The number of H-pyrrole nitrogens is 1. The molecule has 0 radical (unpaired) electrons. The van der Waals surface area contributed by atoms with E-state index >= 15 is 0 Å². The van der Waals surface area contributed by atoms with Crippen molar-refractivity contribution in [1.29, 1.82) is 0 Å². The summed E-state index contributed by atoms with van der Waals surface area (Å²) in [5, 5.41) is 1.39. The molecule has 0 saturated heterocycles. The van der Waals surface area contributed by atoms with Gasteiger partial charge in [-0.3, -0.25) is 4.79 Å². The van der Waals surface area contributed by atoms with Crippen LogP contribution in [0.4, 0.5) is 0 Å². The number of ketones is 1. The van der Waals surface area contributed by atoms with Gasteiger partial charge in [0.05, 0.1) is 0 Å². The minimum atomic E-state index is 0.175. The topological polar surface area (TPSA) is 32.9 Å². The molecule has 1 atom stereocenters. The SMILES string of the molecule is C/C=C\C=C(/C)CCC.C=C(C)CC.C=C(C)CC(C)C(=O)CCCC.CC.CCCCc1c[nH]c2ccccc12. The zero-order valence-electron chi connectivity index (χ0n) is 29.1. The second kappa shape index (κ2) is 30.4. The second-order valence-electron chi connectivity index (χ2n) is 10.7. The Bertz CT molecular complexity index is 972. The van der Waals surface area contributed by atoms with Crippen LogP contribution in [0.25, 0.3) is 10.9 Å². The number of unbranched alkanes of at least 4 members (excludes halogenated alkanes) is 2. The van der Waals surface area contributed by atoms with Crippen molar-refractivity contribution in [3.05, 3.63) is 84.1 Å². The molecule has 1 heterocycles. The van der Waals surface area contributed by atoms with Crippen LogP contribution in [0.1, 0.15) is 140 Å². The predicted octanol–water partition coefficient (Wildman–Crippen LogP) is 13.2. The summed E-state index contributed by atoms with van der Waals surface area (Å²) in [6, 6.07) is 8.50. The molecule has 2 aromatic rings. The van der Waals surface area contributed by atoms with Gasteiger partial charge in [0.2, 0.25) is 0 Å². The highest BCUT2D eigenvalue weighted by atomic mass is 16.1. The van der Waals surface area contributed by atoms with E-state index in [1.807, 2.05) is 41.5 Å². The van der Waals surface area contributed by atoms with Crippen LogP contribution in [-0.2, 0) is 11.2 Å². The molecule has 0 bridgehead atoms. The van der Waals surface area contributed by atoms with Gasteiger partial charge in [0, 0.05) is 29.4 Å². The minimum Gasteiger partial charge on any atom is -0.361 e. The number of rotatable bonds is 13. The van der Waals surface area contributed by atoms with E-state index in [1.54, 1.807) is 0 Å². The minimum absolute atomic E-state index is 0.175. The maximum atomic E-state index is 11.4. The molecule has 0 aliphatic heterocycles. The number of hydrogen-bond donors (Lipinski definition) is 1. The third-order valence-corrected chi connectivity index (χ3v) is 6.28. The van der Waals surface area contributed by atoms with Crippen molar-refractivity contribution < 1.29 is 4.79 Å². The summed E-state index contributed by atoms with van der Waals surface area (Å²) in [6.07, 6.45) is 19.5. The van der Waals surface area contributed by atoms with Crippen molar-refractivity contribution in [2.45, 2.75) is 140 Å². The van der Waals surface area contributed by atoms with Gasteiger partial charge in [0.15, 0.2) is 0 Å². The zero-order valence-corrected chi connectivity index (χ0v) is 29.1. The lowest BCUT2D eigenvalue weighted by molar-refractivity contribution is -0.122. The molecule has 1 unspecified atom stereocenters. The van der Waals surface area contributed by atoms with Gasteiger partial charge in [-0.2, -0.15) is 0 Å². The number of aromatic nitrogens is 1. The van der Waals surface area contributed by atoms with Gasteiger partial charge < -0.3 is 4.98 Å². The maximum Gasteiger partial charge on any atom is 0.136 e. The van der Waals surface area contributed by atoms with Crippen LogP contribution in [0, 0.1) is 5.92 Å². The third kappa shape index (κ3) is 26.1. The largest absolute Gasteiger partial charge is 0.361 e. The van der Waals surface area contributed by atoms with Crippen molar-refractivity contribution in [3.63, 3.8) is 0 Å². The molecule has 234 valence electrons. The van der Waals surface area contributed by atoms with Crippen molar-refractivity contribution >= 4 is 16.7 Å². The number of hydrogen-bond acceptors (Lipinski definition) is 1. The van der Waals surface area contributed by atoms with Crippen LogP contribution < -0.4 is 0 Å². The van der Waals surface area contributed by atoms with Crippen LogP contribution >= 0.6 is 0 Å². The van der Waals surface area contributed by atoms with Crippen LogP contribution in [0.2, 0.25) is 0 Å².